The zero-order valence-electron chi connectivity index (χ0n) is 11.1. The second kappa shape index (κ2) is 7.10. The molecular weight excluding hydrogens is 320 g/mol. The van der Waals surface area contributed by atoms with Crippen LogP contribution in [0.1, 0.15) is 11.1 Å². The van der Waals surface area contributed by atoms with E-state index in [1.165, 1.54) is 0 Å². The Morgan fingerprint density at radius 3 is 2.70 bits per heavy atom. The number of benzene rings is 2. The molecule has 0 aliphatic heterocycles. The molecule has 0 N–H and O–H groups in total. The summed E-state index contributed by atoms with van der Waals surface area (Å²) >= 11 is 3.38. The highest BCUT2D eigenvalue weighted by molar-refractivity contribution is 9.10. The summed E-state index contributed by atoms with van der Waals surface area (Å²) in [4.78, 5) is 11.8. The second-order valence-corrected chi connectivity index (χ2v) is 5.19. The van der Waals surface area contributed by atoms with Crippen molar-refractivity contribution in [1.82, 2.24) is 0 Å². The molecule has 4 heteroatoms. The van der Waals surface area contributed by atoms with E-state index in [2.05, 4.69) is 15.9 Å². The van der Waals surface area contributed by atoms with Crippen molar-refractivity contribution >= 4 is 21.9 Å². The molecule has 0 fully saturated rings. The number of methoxy groups -OCH3 is 1. The van der Waals surface area contributed by atoms with Gasteiger partial charge < -0.3 is 9.47 Å². The van der Waals surface area contributed by atoms with Gasteiger partial charge in [-0.05, 0) is 23.8 Å². The van der Waals surface area contributed by atoms with Crippen molar-refractivity contribution in [1.29, 1.82) is 0 Å². The molecule has 0 saturated heterocycles. The Morgan fingerprint density at radius 1 is 1.15 bits per heavy atom. The molecule has 2 rings (SSSR count). The monoisotopic (exact) mass is 334 g/mol. The van der Waals surface area contributed by atoms with Gasteiger partial charge in [-0.2, -0.15) is 0 Å². The van der Waals surface area contributed by atoms with Crippen LogP contribution in [0.4, 0.5) is 0 Å². The minimum atomic E-state index is -0.256. The Labute approximate surface area is 126 Å². The van der Waals surface area contributed by atoms with Crippen LogP contribution in [-0.2, 0) is 22.6 Å². The molecule has 0 amide bonds. The van der Waals surface area contributed by atoms with Gasteiger partial charge in [0.2, 0.25) is 0 Å². The Kier molecular flexibility index (Phi) is 5.18. The number of carbonyl (C=O) groups excluding carboxylic acids is 1. The number of hydrogen-bond donors (Lipinski definition) is 0. The van der Waals surface area contributed by atoms with Gasteiger partial charge in [-0.15, -0.1) is 0 Å². The van der Waals surface area contributed by atoms with Crippen molar-refractivity contribution in [2.45, 2.75) is 13.0 Å². The first kappa shape index (κ1) is 14.6. The van der Waals surface area contributed by atoms with Crippen LogP contribution >= 0.6 is 15.9 Å². The predicted molar refractivity (Wildman–Crippen MR) is 80.6 cm³/mol. The zero-order valence-corrected chi connectivity index (χ0v) is 12.7. The van der Waals surface area contributed by atoms with E-state index in [0.717, 1.165) is 21.3 Å². The molecule has 0 atom stereocenters. The zero-order chi connectivity index (χ0) is 14.4. The van der Waals surface area contributed by atoms with Crippen LogP contribution in [0.25, 0.3) is 0 Å². The van der Waals surface area contributed by atoms with Gasteiger partial charge in [0.05, 0.1) is 13.5 Å². The van der Waals surface area contributed by atoms with E-state index in [0.29, 0.717) is 0 Å². The Morgan fingerprint density at radius 2 is 1.95 bits per heavy atom. The van der Waals surface area contributed by atoms with Gasteiger partial charge in [0.25, 0.3) is 0 Å². The minimum absolute atomic E-state index is 0.219. The van der Waals surface area contributed by atoms with E-state index in [9.17, 15) is 4.79 Å². The van der Waals surface area contributed by atoms with Crippen LogP contribution in [-0.4, -0.2) is 13.1 Å². The van der Waals surface area contributed by atoms with Crippen LogP contribution in [0.3, 0.4) is 0 Å². The first-order valence-corrected chi connectivity index (χ1v) is 7.00. The van der Waals surface area contributed by atoms with Crippen LogP contribution < -0.4 is 4.74 Å². The fourth-order valence-electron chi connectivity index (χ4n) is 1.85. The minimum Gasteiger partial charge on any atom is -0.496 e. The third kappa shape index (κ3) is 4.10. The van der Waals surface area contributed by atoms with E-state index in [1.54, 1.807) is 7.11 Å². The van der Waals surface area contributed by atoms with Crippen molar-refractivity contribution in [2.24, 2.45) is 0 Å². The maximum atomic E-state index is 11.8. The quantitative estimate of drug-likeness (QED) is 0.781. The Hall–Kier alpha value is -1.81. The maximum absolute atomic E-state index is 11.8. The summed E-state index contributed by atoms with van der Waals surface area (Å²) in [6.45, 7) is 0.219. The number of ether oxygens (including phenoxy) is 2. The third-order valence-electron chi connectivity index (χ3n) is 2.82. The molecule has 0 spiro atoms. The Bertz CT molecular complexity index is 596. The molecule has 0 aliphatic carbocycles. The number of hydrogen-bond acceptors (Lipinski definition) is 3. The third-order valence-corrected chi connectivity index (χ3v) is 3.31. The molecule has 0 heterocycles. The molecule has 2 aromatic carbocycles. The molecule has 0 radical (unpaired) electrons. The number of carbonyl (C=O) groups is 1. The van der Waals surface area contributed by atoms with Crippen LogP contribution in [0.2, 0.25) is 0 Å². The molecule has 3 nitrogen and oxygen atoms in total. The summed E-state index contributed by atoms with van der Waals surface area (Å²) in [7, 11) is 1.60. The molecule has 104 valence electrons. The Balaban J connectivity index is 1.92. The lowest BCUT2D eigenvalue weighted by Crippen LogP contribution is -2.08. The average molecular weight is 335 g/mol. The van der Waals surface area contributed by atoms with Crippen LogP contribution in [0, 0.1) is 0 Å². The highest BCUT2D eigenvalue weighted by atomic mass is 79.9. The lowest BCUT2D eigenvalue weighted by atomic mass is 10.1. The largest absolute Gasteiger partial charge is 0.496 e. The van der Waals surface area contributed by atoms with Gasteiger partial charge in [-0.3, -0.25) is 4.79 Å². The topological polar surface area (TPSA) is 35.5 Å². The summed E-state index contributed by atoms with van der Waals surface area (Å²) in [6.07, 6.45) is 0.259. The summed E-state index contributed by atoms with van der Waals surface area (Å²) in [6, 6.07) is 15.1. The molecule has 0 aromatic heterocycles. The number of rotatable bonds is 5. The van der Waals surface area contributed by atoms with Crippen molar-refractivity contribution < 1.29 is 14.3 Å². The number of halogens is 1. The van der Waals surface area contributed by atoms with E-state index in [1.807, 2.05) is 48.5 Å². The number of esters is 1. The highest BCUT2D eigenvalue weighted by Crippen LogP contribution is 2.18. The highest BCUT2D eigenvalue weighted by Gasteiger charge is 2.08. The van der Waals surface area contributed by atoms with Crippen molar-refractivity contribution in [3.8, 4) is 5.75 Å². The summed E-state index contributed by atoms with van der Waals surface area (Å²) in [5.41, 5.74) is 1.78. The van der Waals surface area contributed by atoms with E-state index in [-0.39, 0.29) is 19.0 Å². The molecule has 2 aromatic rings. The van der Waals surface area contributed by atoms with Crippen molar-refractivity contribution in [2.75, 3.05) is 7.11 Å². The predicted octanol–water partition coefficient (Wildman–Crippen LogP) is 3.74. The molecule has 0 unspecified atom stereocenters. The van der Waals surface area contributed by atoms with Gasteiger partial charge in [0.15, 0.2) is 0 Å². The van der Waals surface area contributed by atoms with Gasteiger partial charge in [-0.25, -0.2) is 0 Å². The maximum Gasteiger partial charge on any atom is 0.310 e. The second-order valence-electron chi connectivity index (χ2n) is 4.28. The molecular formula is C16H15BrO3. The molecule has 0 bridgehead atoms. The van der Waals surface area contributed by atoms with E-state index in [4.69, 9.17) is 9.47 Å². The van der Waals surface area contributed by atoms with E-state index < -0.39 is 0 Å². The van der Waals surface area contributed by atoms with Crippen LogP contribution in [0.5, 0.6) is 5.75 Å². The van der Waals surface area contributed by atoms with Gasteiger partial charge in [0.1, 0.15) is 12.4 Å². The normalized spacial score (nSPS) is 10.1. The molecule has 20 heavy (non-hydrogen) atoms. The molecule has 0 saturated carbocycles. The summed E-state index contributed by atoms with van der Waals surface area (Å²) < 4.78 is 11.4. The first-order chi connectivity index (χ1) is 9.69. The number of para-hydroxylation sites is 1. The lowest BCUT2D eigenvalue weighted by Gasteiger charge is -2.09. The fourth-order valence-corrected chi connectivity index (χ4v) is 2.29. The van der Waals surface area contributed by atoms with E-state index >= 15 is 0 Å². The van der Waals surface area contributed by atoms with Gasteiger partial charge in [-0.1, -0.05) is 46.3 Å². The smallest absolute Gasteiger partial charge is 0.310 e. The van der Waals surface area contributed by atoms with Gasteiger partial charge >= 0.3 is 5.97 Å². The van der Waals surface area contributed by atoms with Crippen molar-refractivity contribution in [3.05, 3.63) is 64.1 Å². The fraction of sp³-hybridized carbons (Fsp3) is 0.188. The van der Waals surface area contributed by atoms with Gasteiger partial charge in [0, 0.05) is 10.0 Å². The SMILES string of the molecule is COc1ccccc1COC(=O)Cc1cccc(Br)c1. The average Bonchev–Trinajstić information content (AvgIpc) is 2.45. The van der Waals surface area contributed by atoms with Crippen LogP contribution in [0.15, 0.2) is 53.0 Å². The molecule has 0 aliphatic rings. The lowest BCUT2D eigenvalue weighted by molar-refractivity contribution is -0.144. The summed E-state index contributed by atoms with van der Waals surface area (Å²) in [5, 5.41) is 0. The summed E-state index contributed by atoms with van der Waals surface area (Å²) in [5.74, 6) is 0.469. The first-order valence-electron chi connectivity index (χ1n) is 6.21. The van der Waals surface area contributed by atoms with Crippen molar-refractivity contribution in [3.63, 3.8) is 0 Å². The standard InChI is InChI=1S/C16H15BrO3/c1-19-15-8-3-2-6-13(15)11-20-16(18)10-12-5-4-7-14(17)9-12/h2-9H,10-11H2,1H3.